The number of nitrogens with one attached hydrogen (secondary N) is 1. The molecule has 0 unspecified atom stereocenters. The number of rotatable bonds is 7. The highest BCUT2D eigenvalue weighted by molar-refractivity contribution is 7.99. The van der Waals surface area contributed by atoms with Crippen molar-refractivity contribution in [3.8, 4) is 0 Å². The first-order valence-electron chi connectivity index (χ1n) is 5.32. The molecule has 4 N–H and O–H groups in total. The van der Waals surface area contributed by atoms with Gasteiger partial charge in [-0.2, -0.15) is 11.8 Å². The van der Waals surface area contributed by atoms with Crippen molar-refractivity contribution in [1.82, 2.24) is 0 Å². The molecule has 0 saturated heterocycles. The fraction of sp³-hybridized carbons (Fsp3) is 0.455. The second-order valence-electron chi connectivity index (χ2n) is 3.47. The fourth-order valence-electron chi connectivity index (χ4n) is 1.24. The van der Waals surface area contributed by atoms with Gasteiger partial charge in [-0.25, -0.2) is 0 Å². The zero-order valence-electron chi connectivity index (χ0n) is 9.38. The zero-order chi connectivity index (χ0) is 12.7. The largest absolute Gasteiger partial charge is 0.397 e. The van der Waals surface area contributed by atoms with E-state index in [0.29, 0.717) is 15.7 Å². The molecule has 0 aliphatic carbocycles. The number of hydrogen-bond donors (Lipinski definition) is 3. The number of thioether (sulfide) groups is 1. The van der Waals surface area contributed by atoms with Crippen molar-refractivity contribution in [2.45, 2.75) is 6.42 Å². The maximum atomic E-state index is 8.62. The molecule has 17 heavy (non-hydrogen) atoms. The third-order valence-electron chi connectivity index (χ3n) is 2.10. The topological polar surface area (TPSA) is 58.3 Å². The van der Waals surface area contributed by atoms with E-state index < -0.39 is 0 Å². The van der Waals surface area contributed by atoms with Crippen LogP contribution in [-0.2, 0) is 0 Å². The average Bonchev–Trinajstić information content (AvgIpc) is 2.30. The first-order chi connectivity index (χ1) is 8.15. The molecular weight excluding hydrogens is 279 g/mol. The Morgan fingerprint density at radius 1 is 1.24 bits per heavy atom. The molecule has 96 valence electrons. The Labute approximate surface area is 116 Å². The van der Waals surface area contributed by atoms with Gasteiger partial charge in [-0.15, -0.1) is 0 Å². The Bertz CT molecular complexity index is 364. The predicted octanol–water partition coefficient (Wildman–Crippen LogP) is 3.10. The van der Waals surface area contributed by atoms with Crippen molar-refractivity contribution in [3.05, 3.63) is 22.2 Å². The lowest BCUT2D eigenvalue weighted by atomic mass is 10.2. The van der Waals surface area contributed by atoms with E-state index in [0.717, 1.165) is 30.2 Å². The highest BCUT2D eigenvalue weighted by Gasteiger charge is 2.04. The molecule has 1 aromatic carbocycles. The van der Waals surface area contributed by atoms with Crippen LogP contribution < -0.4 is 11.1 Å². The molecule has 0 heterocycles. The third-order valence-corrected chi connectivity index (χ3v) is 3.89. The standard InChI is InChI=1S/C11H16Cl2N2OS/c12-8-6-10(14)11(7-9(8)13)15-2-5-17-4-1-3-16/h6-7,15-16H,1-5,14H2. The number of anilines is 2. The second-order valence-corrected chi connectivity index (χ2v) is 5.51. The van der Waals surface area contributed by atoms with E-state index in [-0.39, 0.29) is 6.61 Å². The van der Waals surface area contributed by atoms with Crippen LogP contribution in [0.2, 0.25) is 10.0 Å². The van der Waals surface area contributed by atoms with Gasteiger partial charge in [0.05, 0.1) is 21.4 Å². The first kappa shape index (κ1) is 14.8. The molecule has 1 rings (SSSR count). The molecule has 6 heteroatoms. The van der Waals surface area contributed by atoms with E-state index in [1.807, 2.05) is 0 Å². The van der Waals surface area contributed by atoms with Gasteiger partial charge >= 0.3 is 0 Å². The molecule has 0 atom stereocenters. The molecule has 0 aromatic heterocycles. The minimum atomic E-state index is 0.250. The minimum absolute atomic E-state index is 0.250. The van der Waals surface area contributed by atoms with Crippen LogP contribution in [0.25, 0.3) is 0 Å². The molecule has 1 aromatic rings. The van der Waals surface area contributed by atoms with Crippen LogP contribution >= 0.6 is 35.0 Å². The number of nitrogens with two attached hydrogens (primary N) is 1. The van der Waals surface area contributed by atoms with Crippen LogP contribution in [0.3, 0.4) is 0 Å². The van der Waals surface area contributed by atoms with Crippen LogP contribution in [0.5, 0.6) is 0 Å². The van der Waals surface area contributed by atoms with Crippen LogP contribution in [0.4, 0.5) is 11.4 Å². The highest BCUT2D eigenvalue weighted by Crippen LogP contribution is 2.30. The van der Waals surface area contributed by atoms with Gasteiger partial charge in [-0.05, 0) is 24.3 Å². The predicted molar refractivity (Wildman–Crippen MR) is 78.4 cm³/mol. The van der Waals surface area contributed by atoms with E-state index in [4.69, 9.17) is 34.0 Å². The second kappa shape index (κ2) is 7.93. The smallest absolute Gasteiger partial charge is 0.0614 e. The highest BCUT2D eigenvalue weighted by atomic mass is 35.5. The normalized spacial score (nSPS) is 10.5. The lowest BCUT2D eigenvalue weighted by Crippen LogP contribution is -2.07. The molecule has 0 fully saturated rings. The molecule has 3 nitrogen and oxygen atoms in total. The van der Waals surface area contributed by atoms with Crippen molar-refractivity contribution in [2.24, 2.45) is 0 Å². The lowest BCUT2D eigenvalue weighted by Gasteiger charge is -2.10. The van der Waals surface area contributed by atoms with E-state index >= 15 is 0 Å². The number of nitrogen functional groups attached to an aromatic ring is 1. The summed E-state index contributed by atoms with van der Waals surface area (Å²) >= 11 is 13.5. The molecule has 0 aliphatic heterocycles. The van der Waals surface area contributed by atoms with Crippen molar-refractivity contribution >= 4 is 46.3 Å². The Balaban J connectivity index is 2.34. The minimum Gasteiger partial charge on any atom is -0.397 e. The molecule has 0 aliphatic rings. The van der Waals surface area contributed by atoms with Crippen LogP contribution in [-0.4, -0.2) is 29.8 Å². The summed E-state index contributed by atoms with van der Waals surface area (Å²) in [6.45, 7) is 1.05. The number of halogens is 2. The molecule has 0 spiro atoms. The SMILES string of the molecule is Nc1cc(Cl)c(Cl)cc1NCCSCCCO. The Hall–Kier alpha value is -0.290. The molecule has 0 amide bonds. The summed E-state index contributed by atoms with van der Waals surface area (Å²) < 4.78 is 0. The molecule has 0 saturated carbocycles. The maximum absolute atomic E-state index is 8.62. The summed E-state index contributed by atoms with van der Waals surface area (Å²) in [6, 6.07) is 3.38. The summed E-state index contributed by atoms with van der Waals surface area (Å²) in [4.78, 5) is 0. The number of benzene rings is 1. The maximum Gasteiger partial charge on any atom is 0.0614 e. The van der Waals surface area contributed by atoms with Gasteiger partial charge in [0.1, 0.15) is 0 Å². The van der Waals surface area contributed by atoms with Crippen molar-refractivity contribution in [3.63, 3.8) is 0 Å². The Morgan fingerprint density at radius 3 is 2.65 bits per heavy atom. The van der Waals surface area contributed by atoms with Gasteiger partial charge < -0.3 is 16.2 Å². The Morgan fingerprint density at radius 2 is 1.94 bits per heavy atom. The summed E-state index contributed by atoms with van der Waals surface area (Å²) in [7, 11) is 0. The molecule has 0 bridgehead atoms. The monoisotopic (exact) mass is 294 g/mol. The molecular formula is C11H16Cl2N2OS. The number of aliphatic hydroxyl groups excluding tert-OH is 1. The van der Waals surface area contributed by atoms with E-state index in [1.54, 1.807) is 23.9 Å². The van der Waals surface area contributed by atoms with Crippen LogP contribution in [0, 0.1) is 0 Å². The van der Waals surface area contributed by atoms with Crippen LogP contribution in [0.1, 0.15) is 6.42 Å². The van der Waals surface area contributed by atoms with E-state index in [9.17, 15) is 0 Å². The van der Waals surface area contributed by atoms with Gasteiger partial charge in [-0.3, -0.25) is 0 Å². The summed E-state index contributed by atoms with van der Waals surface area (Å²) in [6.07, 6.45) is 0.833. The van der Waals surface area contributed by atoms with Gasteiger partial charge in [0, 0.05) is 18.9 Å². The van der Waals surface area contributed by atoms with Crippen molar-refractivity contribution < 1.29 is 5.11 Å². The quantitative estimate of drug-likeness (QED) is 0.534. The zero-order valence-corrected chi connectivity index (χ0v) is 11.7. The fourth-order valence-corrected chi connectivity index (χ4v) is 2.36. The van der Waals surface area contributed by atoms with Crippen LogP contribution in [0.15, 0.2) is 12.1 Å². The van der Waals surface area contributed by atoms with E-state index in [2.05, 4.69) is 5.32 Å². The first-order valence-corrected chi connectivity index (χ1v) is 7.23. The number of hydrogen-bond acceptors (Lipinski definition) is 4. The average molecular weight is 295 g/mol. The summed E-state index contributed by atoms with van der Waals surface area (Å²) in [5.74, 6) is 1.93. The lowest BCUT2D eigenvalue weighted by molar-refractivity contribution is 0.296. The third kappa shape index (κ3) is 5.25. The van der Waals surface area contributed by atoms with Crippen molar-refractivity contribution in [2.75, 3.05) is 35.7 Å². The summed E-state index contributed by atoms with van der Waals surface area (Å²) in [5, 5.41) is 12.8. The summed E-state index contributed by atoms with van der Waals surface area (Å²) in [5.41, 5.74) is 7.21. The molecule has 0 radical (unpaired) electrons. The van der Waals surface area contributed by atoms with Gasteiger partial charge in [0.25, 0.3) is 0 Å². The Kier molecular flexibility index (Phi) is 6.89. The van der Waals surface area contributed by atoms with E-state index in [1.165, 1.54) is 0 Å². The van der Waals surface area contributed by atoms with Gasteiger partial charge in [0.2, 0.25) is 0 Å². The van der Waals surface area contributed by atoms with Gasteiger partial charge in [-0.1, -0.05) is 23.2 Å². The number of aliphatic hydroxyl groups is 1. The van der Waals surface area contributed by atoms with Crippen molar-refractivity contribution in [1.29, 1.82) is 0 Å². The van der Waals surface area contributed by atoms with Gasteiger partial charge in [0.15, 0.2) is 0 Å².